The van der Waals surface area contributed by atoms with Crippen molar-refractivity contribution in [3.63, 3.8) is 0 Å². The molecule has 1 saturated heterocycles. The Balaban J connectivity index is 2.25. The summed E-state index contributed by atoms with van der Waals surface area (Å²) in [6, 6.07) is 3.24. The summed E-state index contributed by atoms with van der Waals surface area (Å²) in [4.78, 5) is 14.1. The molecular weight excluding hydrogens is 299 g/mol. The second kappa shape index (κ2) is 5.36. The van der Waals surface area contributed by atoms with Gasteiger partial charge in [0, 0.05) is 30.1 Å². The molecule has 1 aliphatic rings. The van der Waals surface area contributed by atoms with Crippen LogP contribution in [0.2, 0.25) is 0 Å². The predicted octanol–water partition coefficient (Wildman–Crippen LogP) is 2.33. The lowest BCUT2D eigenvalue weighted by Gasteiger charge is -2.32. The fraction of sp³-hybridized carbons (Fsp3) is 0.462. The fourth-order valence-corrected chi connectivity index (χ4v) is 2.72. The maximum atomic E-state index is 13.6. The average molecular weight is 315 g/mol. The molecule has 5 heteroatoms. The number of aryl methyl sites for hydroxylation is 1. The Labute approximate surface area is 114 Å². The molecule has 1 amide bonds. The van der Waals surface area contributed by atoms with Gasteiger partial charge in [-0.05, 0) is 47.5 Å². The van der Waals surface area contributed by atoms with Crippen LogP contribution in [-0.4, -0.2) is 36.5 Å². The van der Waals surface area contributed by atoms with Crippen molar-refractivity contribution < 1.29 is 9.18 Å². The average Bonchev–Trinajstić information content (AvgIpc) is 2.33. The van der Waals surface area contributed by atoms with Gasteiger partial charge in [-0.3, -0.25) is 4.79 Å². The first-order chi connectivity index (χ1) is 8.49. The van der Waals surface area contributed by atoms with E-state index in [1.165, 1.54) is 6.07 Å². The van der Waals surface area contributed by atoms with Crippen LogP contribution >= 0.6 is 15.9 Å². The Bertz CT molecular complexity index is 478. The van der Waals surface area contributed by atoms with Crippen LogP contribution in [0.3, 0.4) is 0 Å². The van der Waals surface area contributed by atoms with Crippen molar-refractivity contribution in [2.75, 3.05) is 19.6 Å². The minimum atomic E-state index is -0.343. The standard InChI is InChI=1S/C13H16BrFN2O/c1-8-5-11(14)10(6-12(8)15)13(18)17-4-3-16-9(2)7-17/h5-6,9,16H,3-4,7H2,1-2H3. The Morgan fingerprint density at radius 1 is 1.56 bits per heavy atom. The molecule has 1 heterocycles. The number of rotatable bonds is 1. The smallest absolute Gasteiger partial charge is 0.255 e. The molecule has 1 aromatic carbocycles. The first-order valence-corrected chi connectivity index (χ1v) is 6.76. The minimum absolute atomic E-state index is 0.117. The highest BCUT2D eigenvalue weighted by Gasteiger charge is 2.23. The quantitative estimate of drug-likeness (QED) is 0.863. The molecule has 1 aromatic rings. The van der Waals surface area contributed by atoms with Gasteiger partial charge < -0.3 is 10.2 Å². The SMILES string of the molecule is Cc1cc(Br)c(C(=O)N2CCNC(C)C2)cc1F. The highest BCUT2D eigenvalue weighted by Crippen LogP contribution is 2.23. The van der Waals surface area contributed by atoms with E-state index in [0.717, 1.165) is 6.54 Å². The van der Waals surface area contributed by atoms with Crippen molar-refractivity contribution >= 4 is 21.8 Å². The molecule has 1 aliphatic heterocycles. The molecule has 1 N–H and O–H groups in total. The van der Waals surface area contributed by atoms with Gasteiger partial charge in [0.05, 0.1) is 5.56 Å². The van der Waals surface area contributed by atoms with E-state index in [1.807, 2.05) is 6.92 Å². The molecular formula is C13H16BrFN2O. The lowest BCUT2D eigenvalue weighted by atomic mass is 10.1. The van der Waals surface area contributed by atoms with E-state index in [9.17, 15) is 9.18 Å². The maximum Gasteiger partial charge on any atom is 0.255 e. The number of nitrogens with one attached hydrogen (secondary N) is 1. The lowest BCUT2D eigenvalue weighted by Crippen LogP contribution is -2.51. The van der Waals surface area contributed by atoms with Crippen LogP contribution in [0.15, 0.2) is 16.6 Å². The first kappa shape index (κ1) is 13.5. The molecule has 0 bridgehead atoms. The molecule has 3 nitrogen and oxygen atoms in total. The Kier molecular flexibility index (Phi) is 4.02. The third kappa shape index (κ3) is 2.72. The molecule has 18 heavy (non-hydrogen) atoms. The van der Waals surface area contributed by atoms with Crippen molar-refractivity contribution in [3.8, 4) is 0 Å². The molecule has 0 aliphatic carbocycles. The summed E-state index contributed by atoms with van der Waals surface area (Å²) >= 11 is 3.33. The molecule has 2 rings (SSSR count). The number of halogens is 2. The third-order valence-electron chi connectivity index (χ3n) is 3.13. The number of amides is 1. The monoisotopic (exact) mass is 314 g/mol. The number of piperazine rings is 1. The highest BCUT2D eigenvalue weighted by molar-refractivity contribution is 9.10. The van der Waals surface area contributed by atoms with Gasteiger partial charge >= 0.3 is 0 Å². The largest absolute Gasteiger partial charge is 0.336 e. The third-order valence-corrected chi connectivity index (χ3v) is 3.79. The van der Waals surface area contributed by atoms with Gasteiger partial charge in [0.25, 0.3) is 5.91 Å². The zero-order chi connectivity index (χ0) is 13.3. The van der Waals surface area contributed by atoms with Gasteiger partial charge in [-0.1, -0.05) is 0 Å². The van der Waals surface area contributed by atoms with Gasteiger partial charge in [0.15, 0.2) is 0 Å². The van der Waals surface area contributed by atoms with E-state index < -0.39 is 0 Å². The molecule has 0 radical (unpaired) electrons. The van der Waals surface area contributed by atoms with Gasteiger partial charge in [-0.2, -0.15) is 0 Å². The predicted molar refractivity (Wildman–Crippen MR) is 72.2 cm³/mol. The number of hydrogen-bond acceptors (Lipinski definition) is 2. The van der Waals surface area contributed by atoms with Gasteiger partial charge in [0.1, 0.15) is 5.82 Å². The molecule has 0 spiro atoms. The van der Waals surface area contributed by atoms with Gasteiger partial charge in [-0.15, -0.1) is 0 Å². The summed E-state index contributed by atoms with van der Waals surface area (Å²) < 4.78 is 14.2. The molecule has 1 atom stereocenters. The van der Waals surface area contributed by atoms with Gasteiger partial charge in [-0.25, -0.2) is 4.39 Å². The van der Waals surface area contributed by atoms with Crippen LogP contribution < -0.4 is 5.32 Å². The number of carbonyl (C=O) groups is 1. The zero-order valence-electron chi connectivity index (χ0n) is 10.5. The van der Waals surface area contributed by atoms with Crippen LogP contribution in [0.25, 0.3) is 0 Å². The maximum absolute atomic E-state index is 13.6. The molecule has 98 valence electrons. The first-order valence-electron chi connectivity index (χ1n) is 5.97. The van der Waals surface area contributed by atoms with Crippen LogP contribution in [0.1, 0.15) is 22.8 Å². The Morgan fingerprint density at radius 3 is 2.94 bits per heavy atom. The second-order valence-corrected chi connectivity index (χ2v) is 5.54. The normalized spacial score (nSPS) is 20.0. The lowest BCUT2D eigenvalue weighted by molar-refractivity contribution is 0.0707. The summed E-state index contributed by atoms with van der Waals surface area (Å²) in [5, 5.41) is 3.27. The van der Waals surface area contributed by atoms with Crippen molar-refractivity contribution in [1.29, 1.82) is 0 Å². The van der Waals surface area contributed by atoms with E-state index in [2.05, 4.69) is 21.2 Å². The van der Waals surface area contributed by atoms with Crippen molar-refractivity contribution in [2.24, 2.45) is 0 Å². The zero-order valence-corrected chi connectivity index (χ0v) is 12.1. The van der Waals surface area contributed by atoms with Crippen LogP contribution in [0.4, 0.5) is 4.39 Å². The van der Waals surface area contributed by atoms with E-state index in [-0.39, 0.29) is 17.8 Å². The van der Waals surface area contributed by atoms with Gasteiger partial charge in [0.2, 0.25) is 0 Å². The molecule has 1 unspecified atom stereocenters. The number of hydrogen-bond donors (Lipinski definition) is 1. The van der Waals surface area contributed by atoms with E-state index >= 15 is 0 Å². The number of benzene rings is 1. The van der Waals surface area contributed by atoms with E-state index in [4.69, 9.17) is 0 Å². The summed E-state index contributed by atoms with van der Waals surface area (Å²) in [7, 11) is 0. The van der Waals surface area contributed by atoms with Crippen molar-refractivity contribution in [3.05, 3.63) is 33.5 Å². The Morgan fingerprint density at radius 2 is 2.28 bits per heavy atom. The van der Waals surface area contributed by atoms with Crippen LogP contribution in [-0.2, 0) is 0 Å². The number of nitrogens with zero attached hydrogens (tertiary/aromatic N) is 1. The van der Waals surface area contributed by atoms with E-state index in [0.29, 0.717) is 28.7 Å². The summed E-state index contributed by atoms with van der Waals surface area (Å²) in [5.74, 6) is -0.459. The summed E-state index contributed by atoms with van der Waals surface area (Å²) in [6.45, 7) is 5.80. The molecule has 0 saturated carbocycles. The fourth-order valence-electron chi connectivity index (χ4n) is 2.10. The topological polar surface area (TPSA) is 32.3 Å². The van der Waals surface area contributed by atoms with Crippen molar-refractivity contribution in [1.82, 2.24) is 10.2 Å². The number of carbonyl (C=O) groups excluding carboxylic acids is 1. The van der Waals surface area contributed by atoms with Crippen LogP contribution in [0, 0.1) is 12.7 Å². The summed E-state index contributed by atoms with van der Waals surface area (Å²) in [6.07, 6.45) is 0. The van der Waals surface area contributed by atoms with Crippen molar-refractivity contribution in [2.45, 2.75) is 19.9 Å². The molecule has 1 fully saturated rings. The molecule has 0 aromatic heterocycles. The minimum Gasteiger partial charge on any atom is -0.336 e. The van der Waals surface area contributed by atoms with Crippen LogP contribution in [0.5, 0.6) is 0 Å². The second-order valence-electron chi connectivity index (χ2n) is 4.69. The van der Waals surface area contributed by atoms with E-state index in [1.54, 1.807) is 17.9 Å². The highest BCUT2D eigenvalue weighted by atomic mass is 79.9. The Hall–Kier alpha value is -0.940. The summed E-state index contributed by atoms with van der Waals surface area (Å²) in [5.41, 5.74) is 0.930.